The van der Waals surface area contributed by atoms with Crippen LogP contribution in [-0.2, 0) is 4.74 Å². The highest BCUT2D eigenvalue weighted by atomic mass is 19.3. The molecule has 0 aromatic heterocycles. The molecule has 90 valence electrons. The standard InChI is InChI=1S/C10H8F2N2O3/c1-16-9(15)6-3-7(14)8(17-10(11)12)2-5(6)4-13/h2-3,10H,14H2,1H3. The molecule has 7 heteroatoms. The molecule has 0 atom stereocenters. The number of benzene rings is 1. The van der Waals surface area contributed by atoms with Crippen LogP contribution in [0.4, 0.5) is 14.5 Å². The summed E-state index contributed by atoms with van der Waals surface area (Å²) in [4.78, 5) is 11.3. The van der Waals surface area contributed by atoms with Crippen LogP contribution in [0.2, 0.25) is 0 Å². The van der Waals surface area contributed by atoms with Crippen LogP contribution in [0.25, 0.3) is 0 Å². The van der Waals surface area contributed by atoms with Gasteiger partial charge in [0.15, 0.2) is 0 Å². The topological polar surface area (TPSA) is 85.3 Å². The molecule has 1 aromatic rings. The Morgan fingerprint density at radius 3 is 2.65 bits per heavy atom. The second-order valence-corrected chi connectivity index (χ2v) is 2.92. The molecule has 2 N–H and O–H groups in total. The normalized spacial score (nSPS) is 9.82. The zero-order valence-corrected chi connectivity index (χ0v) is 8.74. The summed E-state index contributed by atoms with van der Waals surface area (Å²) < 4.78 is 32.5. The summed E-state index contributed by atoms with van der Waals surface area (Å²) >= 11 is 0. The summed E-state index contributed by atoms with van der Waals surface area (Å²) in [5.41, 5.74) is 4.98. The summed E-state index contributed by atoms with van der Waals surface area (Å²) in [6.45, 7) is -3.06. The molecule has 0 unspecified atom stereocenters. The molecule has 0 saturated carbocycles. The fraction of sp³-hybridized carbons (Fsp3) is 0.200. The summed E-state index contributed by atoms with van der Waals surface area (Å²) in [6.07, 6.45) is 0. The van der Waals surface area contributed by atoms with Crippen molar-refractivity contribution in [3.8, 4) is 11.8 Å². The van der Waals surface area contributed by atoms with Crippen molar-refractivity contribution in [3.63, 3.8) is 0 Å². The van der Waals surface area contributed by atoms with Crippen molar-refractivity contribution in [2.75, 3.05) is 12.8 Å². The quantitative estimate of drug-likeness (QED) is 0.641. The van der Waals surface area contributed by atoms with E-state index in [1.165, 1.54) is 0 Å². The number of carbonyl (C=O) groups excluding carboxylic acids is 1. The molecule has 0 aliphatic heterocycles. The molecule has 0 radical (unpaired) electrons. The molecule has 0 fully saturated rings. The molecule has 0 heterocycles. The van der Waals surface area contributed by atoms with Crippen molar-refractivity contribution < 1.29 is 23.0 Å². The van der Waals surface area contributed by atoms with Gasteiger partial charge >= 0.3 is 12.6 Å². The maximum Gasteiger partial charge on any atom is 0.387 e. The molecule has 0 bridgehead atoms. The number of alkyl halides is 2. The first kappa shape index (κ1) is 12.7. The number of nitrogens with two attached hydrogens (primary N) is 1. The van der Waals surface area contributed by atoms with Crippen molar-refractivity contribution in [2.24, 2.45) is 0 Å². The molecule has 1 aromatic carbocycles. The molecule has 17 heavy (non-hydrogen) atoms. The highest BCUT2D eigenvalue weighted by molar-refractivity contribution is 5.93. The Morgan fingerprint density at radius 1 is 1.53 bits per heavy atom. The van der Waals surface area contributed by atoms with Crippen molar-refractivity contribution in [3.05, 3.63) is 23.3 Å². The largest absolute Gasteiger partial charge is 0.465 e. The second kappa shape index (κ2) is 5.12. The Balaban J connectivity index is 3.26. The van der Waals surface area contributed by atoms with Crippen LogP contribution < -0.4 is 10.5 Å². The number of methoxy groups -OCH3 is 1. The number of hydrogen-bond donors (Lipinski definition) is 1. The van der Waals surface area contributed by atoms with E-state index >= 15 is 0 Å². The van der Waals surface area contributed by atoms with Gasteiger partial charge < -0.3 is 15.2 Å². The fourth-order valence-corrected chi connectivity index (χ4v) is 1.17. The van der Waals surface area contributed by atoms with E-state index in [9.17, 15) is 13.6 Å². The second-order valence-electron chi connectivity index (χ2n) is 2.92. The zero-order chi connectivity index (χ0) is 13.0. The number of anilines is 1. The predicted octanol–water partition coefficient (Wildman–Crippen LogP) is 1.53. The van der Waals surface area contributed by atoms with Gasteiger partial charge in [-0.25, -0.2) is 4.79 Å². The number of esters is 1. The first-order chi connectivity index (χ1) is 7.99. The van der Waals surface area contributed by atoms with E-state index < -0.39 is 12.6 Å². The summed E-state index contributed by atoms with van der Waals surface area (Å²) in [5.74, 6) is -1.14. The van der Waals surface area contributed by atoms with E-state index in [4.69, 9.17) is 11.0 Å². The average molecular weight is 242 g/mol. The first-order valence-electron chi connectivity index (χ1n) is 4.36. The zero-order valence-electron chi connectivity index (χ0n) is 8.74. The van der Waals surface area contributed by atoms with Crippen molar-refractivity contribution in [1.82, 2.24) is 0 Å². The maximum absolute atomic E-state index is 12.0. The molecule has 0 spiro atoms. The summed E-state index contributed by atoms with van der Waals surface area (Å²) in [6, 6.07) is 3.69. The number of ether oxygens (including phenoxy) is 2. The van der Waals surface area contributed by atoms with Gasteiger partial charge in [0, 0.05) is 6.07 Å². The number of nitriles is 1. The highest BCUT2D eigenvalue weighted by Gasteiger charge is 2.17. The van der Waals surface area contributed by atoms with Crippen molar-refractivity contribution in [2.45, 2.75) is 6.61 Å². The molecule has 0 aliphatic carbocycles. The average Bonchev–Trinajstić information content (AvgIpc) is 2.29. The van der Waals surface area contributed by atoms with Crippen LogP contribution in [0.1, 0.15) is 15.9 Å². The van der Waals surface area contributed by atoms with Gasteiger partial charge in [0.05, 0.1) is 23.9 Å². The lowest BCUT2D eigenvalue weighted by Gasteiger charge is -2.10. The van der Waals surface area contributed by atoms with Gasteiger partial charge in [-0.1, -0.05) is 0 Å². The molecule has 0 amide bonds. The number of hydrogen-bond acceptors (Lipinski definition) is 5. The first-order valence-corrected chi connectivity index (χ1v) is 4.36. The van der Waals surface area contributed by atoms with E-state index in [2.05, 4.69) is 9.47 Å². The number of halogens is 2. The van der Waals surface area contributed by atoms with E-state index in [1.54, 1.807) is 6.07 Å². The third-order valence-electron chi connectivity index (χ3n) is 1.89. The molecule has 0 saturated heterocycles. The van der Waals surface area contributed by atoms with Gasteiger partial charge in [-0.05, 0) is 6.07 Å². The third-order valence-corrected chi connectivity index (χ3v) is 1.89. The van der Waals surface area contributed by atoms with E-state index in [1.807, 2.05) is 0 Å². The lowest BCUT2D eigenvalue weighted by molar-refractivity contribution is -0.0493. The lowest BCUT2D eigenvalue weighted by Crippen LogP contribution is -2.09. The SMILES string of the molecule is COC(=O)c1cc(N)c(OC(F)F)cc1C#N. The van der Waals surface area contributed by atoms with Gasteiger partial charge in [0.2, 0.25) is 0 Å². The summed E-state index contributed by atoms with van der Waals surface area (Å²) in [7, 11) is 1.13. The van der Waals surface area contributed by atoms with Crippen LogP contribution >= 0.6 is 0 Å². The van der Waals surface area contributed by atoms with Crippen LogP contribution in [-0.4, -0.2) is 19.7 Å². The lowest BCUT2D eigenvalue weighted by atomic mass is 10.1. The Bertz CT molecular complexity index is 483. The van der Waals surface area contributed by atoms with Gasteiger partial charge in [-0.15, -0.1) is 0 Å². The summed E-state index contributed by atoms with van der Waals surface area (Å²) in [5, 5.41) is 8.77. The monoisotopic (exact) mass is 242 g/mol. The van der Waals surface area contributed by atoms with Crippen LogP contribution in [0.5, 0.6) is 5.75 Å². The Hall–Kier alpha value is -2.36. The minimum Gasteiger partial charge on any atom is -0.465 e. The highest BCUT2D eigenvalue weighted by Crippen LogP contribution is 2.27. The minimum absolute atomic E-state index is 0.103. The molecular formula is C10H8F2N2O3. The molecular weight excluding hydrogens is 234 g/mol. The molecule has 0 aliphatic rings. The van der Waals surface area contributed by atoms with E-state index in [-0.39, 0.29) is 22.6 Å². The Kier molecular flexibility index (Phi) is 3.82. The maximum atomic E-state index is 12.0. The number of nitrogens with zero attached hydrogens (tertiary/aromatic N) is 1. The van der Waals surface area contributed by atoms with Crippen molar-refractivity contribution >= 4 is 11.7 Å². The number of carbonyl (C=O) groups is 1. The van der Waals surface area contributed by atoms with Crippen LogP contribution in [0.15, 0.2) is 12.1 Å². The van der Waals surface area contributed by atoms with E-state index in [0.29, 0.717) is 0 Å². The predicted molar refractivity (Wildman–Crippen MR) is 53.5 cm³/mol. The van der Waals surface area contributed by atoms with Crippen molar-refractivity contribution in [1.29, 1.82) is 5.26 Å². The molecule has 5 nitrogen and oxygen atoms in total. The van der Waals surface area contributed by atoms with E-state index in [0.717, 1.165) is 19.2 Å². The minimum atomic E-state index is -3.06. The number of nitrogen functional groups attached to an aromatic ring is 1. The van der Waals surface area contributed by atoms with Crippen LogP contribution in [0, 0.1) is 11.3 Å². The smallest absolute Gasteiger partial charge is 0.387 e. The van der Waals surface area contributed by atoms with Gasteiger partial charge in [-0.3, -0.25) is 0 Å². The van der Waals surface area contributed by atoms with Gasteiger partial charge in [0.25, 0.3) is 0 Å². The Labute approximate surface area is 95.3 Å². The van der Waals surface area contributed by atoms with Gasteiger partial charge in [0.1, 0.15) is 11.8 Å². The van der Waals surface area contributed by atoms with Gasteiger partial charge in [-0.2, -0.15) is 14.0 Å². The fourth-order valence-electron chi connectivity index (χ4n) is 1.17. The number of rotatable bonds is 3. The Morgan fingerprint density at radius 2 is 2.18 bits per heavy atom. The third kappa shape index (κ3) is 2.81. The van der Waals surface area contributed by atoms with Crippen LogP contribution in [0.3, 0.4) is 0 Å². The molecule has 1 rings (SSSR count).